The quantitative estimate of drug-likeness (QED) is 0.0235. The first-order valence-corrected chi connectivity index (χ1v) is 26.2. The van der Waals surface area contributed by atoms with E-state index in [9.17, 15) is 14.7 Å². The zero-order valence-corrected chi connectivity index (χ0v) is 42.3. The number of allylic oxidation sites excluding steroid dienone is 1. The average molecular weight is 1030 g/mol. The van der Waals surface area contributed by atoms with E-state index >= 15 is 4.79 Å². The molecule has 10 rings (SSSR count). The standard InChI is InChI=1S/C61H51N5O7S2/c1-71-50-36-34-42(35-37-50)39-72-58(70)54-43(21-20-38-67)40-74-57-53(56(69)66(54)57)63-55(68)52(65-73-61(47-28-14-5-15-29-47,48-30-16-6-17-31-48)49-32-18-7-19-33-49)51-41-75-59(62-51)64-60(44-22-8-2-9-23-44,45-24-10-3-11-25-45)46-26-12-4-13-27-46/h2-37,41,53,57,67H,38-40H2,1H3,(H,62,64)(H,63,68)/b21-20-,65-52-. The molecule has 2 aliphatic heterocycles. The molecule has 2 atom stereocenters. The van der Waals surface area contributed by atoms with E-state index in [1.54, 1.807) is 42.8 Å². The van der Waals surface area contributed by atoms with Crippen molar-refractivity contribution in [2.24, 2.45) is 5.16 Å². The fraction of sp³-hybridized carbons (Fsp3) is 0.131. The molecule has 1 saturated heterocycles. The highest BCUT2D eigenvalue weighted by Gasteiger charge is 2.55. The lowest BCUT2D eigenvalue weighted by atomic mass is 9.77. The molecule has 75 heavy (non-hydrogen) atoms. The van der Waals surface area contributed by atoms with Crippen LogP contribution in [-0.4, -0.2) is 69.4 Å². The Morgan fingerprint density at radius 3 is 1.69 bits per heavy atom. The Bertz CT molecular complexity index is 3150. The first-order chi connectivity index (χ1) is 36.8. The number of carbonyl (C=O) groups is 3. The lowest BCUT2D eigenvalue weighted by molar-refractivity contribution is -0.153. The highest BCUT2D eigenvalue weighted by atomic mass is 32.2. The van der Waals surface area contributed by atoms with Gasteiger partial charge in [0.05, 0.1) is 13.7 Å². The SMILES string of the molecule is COc1ccc(COC(=O)C2=C(/C=C\CO)CSC3C(NC(=O)/C(=N\OC(c4ccccc4)(c4ccccc4)c4ccccc4)c4csc(NC(c5ccccc5)(c5ccccc5)c5ccccc5)n4)C(=O)N23)cc1. The Balaban J connectivity index is 1.04. The van der Waals surface area contributed by atoms with Crippen LogP contribution in [-0.2, 0) is 41.7 Å². The smallest absolute Gasteiger partial charge is 0.355 e. The zero-order valence-electron chi connectivity index (χ0n) is 40.7. The predicted octanol–water partition coefficient (Wildman–Crippen LogP) is 10.2. The topological polar surface area (TPSA) is 152 Å². The van der Waals surface area contributed by atoms with Crippen LogP contribution in [0, 0.1) is 0 Å². The Labute approximate surface area is 443 Å². The summed E-state index contributed by atoms with van der Waals surface area (Å²) >= 11 is 2.66. The summed E-state index contributed by atoms with van der Waals surface area (Å²) in [7, 11) is 1.57. The lowest BCUT2D eigenvalue weighted by Crippen LogP contribution is -2.71. The van der Waals surface area contributed by atoms with E-state index in [0.29, 0.717) is 16.5 Å². The van der Waals surface area contributed by atoms with E-state index in [0.717, 1.165) is 38.9 Å². The first kappa shape index (κ1) is 50.0. The Hall–Kier alpha value is -8.56. The highest BCUT2D eigenvalue weighted by Crippen LogP contribution is 2.44. The van der Waals surface area contributed by atoms with Crippen LogP contribution in [0.15, 0.2) is 240 Å². The molecule has 0 saturated carbocycles. The number of aromatic nitrogens is 1. The molecule has 2 aliphatic rings. The second kappa shape index (κ2) is 22.7. The Kier molecular flexibility index (Phi) is 15.1. The van der Waals surface area contributed by atoms with Crippen molar-refractivity contribution in [3.63, 3.8) is 0 Å². The second-order valence-electron chi connectivity index (χ2n) is 17.6. The van der Waals surface area contributed by atoms with Gasteiger partial charge in [-0.05, 0) is 40.0 Å². The number of ether oxygens (including phenoxy) is 2. The third-order valence-corrected chi connectivity index (χ3v) is 15.2. The van der Waals surface area contributed by atoms with Crippen molar-refractivity contribution in [2.45, 2.75) is 29.2 Å². The molecule has 7 aromatic carbocycles. The highest BCUT2D eigenvalue weighted by molar-refractivity contribution is 8.00. The van der Waals surface area contributed by atoms with Gasteiger partial charge in [-0.2, -0.15) is 0 Å². The molecule has 3 N–H and O–H groups in total. The van der Waals surface area contributed by atoms with Crippen LogP contribution in [0.5, 0.6) is 5.75 Å². The van der Waals surface area contributed by atoms with Gasteiger partial charge in [-0.25, -0.2) is 9.78 Å². The fourth-order valence-corrected chi connectivity index (χ4v) is 11.5. The van der Waals surface area contributed by atoms with Crippen molar-refractivity contribution in [2.75, 3.05) is 24.8 Å². The molecule has 0 aliphatic carbocycles. The zero-order chi connectivity index (χ0) is 51.6. The van der Waals surface area contributed by atoms with Crippen LogP contribution in [0.3, 0.4) is 0 Å². The second-order valence-corrected chi connectivity index (χ2v) is 19.5. The van der Waals surface area contributed by atoms with Gasteiger partial charge in [-0.1, -0.05) is 211 Å². The minimum absolute atomic E-state index is 0.0389. The van der Waals surface area contributed by atoms with Gasteiger partial charge in [0.15, 0.2) is 10.8 Å². The molecule has 3 heterocycles. The third-order valence-electron chi connectivity index (χ3n) is 13.1. The first-order valence-electron chi connectivity index (χ1n) is 24.2. The number of fused-ring (bicyclic) bond motifs is 1. The van der Waals surface area contributed by atoms with Crippen molar-refractivity contribution in [3.8, 4) is 5.75 Å². The predicted molar refractivity (Wildman–Crippen MR) is 293 cm³/mol. The van der Waals surface area contributed by atoms with E-state index in [2.05, 4.69) is 47.0 Å². The van der Waals surface area contributed by atoms with Crippen molar-refractivity contribution in [3.05, 3.63) is 280 Å². The number of aliphatic hydroxyl groups is 1. The molecule has 2 amide bonds. The van der Waals surface area contributed by atoms with E-state index in [1.165, 1.54) is 34.1 Å². The van der Waals surface area contributed by atoms with E-state index < -0.39 is 40.3 Å². The third kappa shape index (κ3) is 10.1. The summed E-state index contributed by atoms with van der Waals surface area (Å²) in [4.78, 5) is 57.2. The van der Waals surface area contributed by atoms with Crippen LogP contribution in [0.4, 0.5) is 5.13 Å². The number of oxime groups is 1. The van der Waals surface area contributed by atoms with Gasteiger partial charge in [0.2, 0.25) is 5.60 Å². The van der Waals surface area contributed by atoms with Gasteiger partial charge in [-0.3, -0.25) is 14.5 Å². The van der Waals surface area contributed by atoms with E-state index in [-0.39, 0.29) is 36.1 Å². The number of nitrogens with one attached hydrogen (secondary N) is 2. The minimum Gasteiger partial charge on any atom is -0.497 e. The van der Waals surface area contributed by atoms with Gasteiger partial charge >= 0.3 is 5.97 Å². The maximum Gasteiger partial charge on any atom is 0.355 e. The van der Waals surface area contributed by atoms with Crippen LogP contribution >= 0.6 is 23.1 Å². The van der Waals surface area contributed by atoms with E-state index in [4.69, 9.17) is 24.5 Å². The number of hydrogen-bond acceptors (Lipinski definition) is 12. The molecule has 0 bridgehead atoms. The lowest BCUT2D eigenvalue weighted by Gasteiger charge is -2.49. The number of aliphatic hydroxyl groups excluding tert-OH is 1. The minimum atomic E-state index is -1.37. The number of nitrogens with zero attached hydrogens (tertiary/aromatic N) is 3. The number of thiazole rings is 1. The number of amides is 2. The summed E-state index contributed by atoms with van der Waals surface area (Å²) in [6, 6.07) is 65.4. The van der Waals surface area contributed by atoms with Crippen LogP contribution in [0.2, 0.25) is 0 Å². The molecular weight excluding hydrogens is 979 g/mol. The summed E-state index contributed by atoms with van der Waals surface area (Å²) in [5.74, 6) is -1.04. The van der Waals surface area contributed by atoms with Crippen LogP contribution < -0.4 is 15.4 Å². The van der Waals surface area contributed by atoms with Gasteiger partial charge in [-0.15, -0.1) is 23.1 Å². The molecule has 374 valence electrons. The van der Waals surface area contributed by atoms with Gasteiger partial charge in [0.1, 0.15) is 40.7 Å². The number of rotatable bonds is 19. The van der Waals surface area contributed by atoms with Crippen LogP contribution in [0.1, 0.15) is 44.6 Å². The molecule has 8 aromatic rings. The van der Waals surface area contributed by atoms with Crippen molar-refractivity contribution >= 4 is 51.7 Å². The molecular formula is C61H51N5O7S2. The number of methoxy groups -OCH3 is 1. The van der Waals surface area contributed by atoms with Crippen molar-refractivity contribution in [1.29, 1.82) is 0 Å². The maximum atomic E-state index is 15.3. The van der Waals surface area contributed by atoms with Gasteiger partial charge in [0.25, 0.3) is 11.8 Å². The Morgan fingerprint density at radius 2 is 1.21 bits per heavy atom. The number of esters is 1. The normalized spacial score (nSPS) is 15.7. The maximum absolute atomic E-state index is 15.3. The molecule has 12 nitrogen and oxygen atoms in total. The summed E-state index contributed by atoms with van der Waals surface area (Å²) in [6.45, 7) is -0.338. The summed E-state index contributed by atoms with van der Waals surface area (Å²) in [6.07, 6.45) is 3.11. The van der Waals surface area contributed by atoms with Gasteiger partial charge in [0, 0.05) is 27.8 Å². The summed E-state index contributed by atoms with van der Waals surface area (Å²) in [5, 5.41) is 22.8. The number of carbonyl (C=O) groups excluding carboxylic acids is 3. The molecule has 0 radical (unpaired) electrons. The molecule has 1 aromatic heterocycles. The number of thioether (sulfide) groups is 1. The molecule has 14 heteroatoms. The number of β-lactam (4-membered cyclic amide) rings is 1. The number of hydrogen-bond donors (Lipinski definition) is 3. The monoisotopic (exact) mass is 1030 g/mol. The summed E-state index contributed by atoms with van der Waals surface area (Å²) in [5.41, 5.74) is 4.05. The Morgan fingerprint density at radius 1 is 0.720 bits per heavy atom. The van der Waals surface area contributed by atoms with Crippen molar-refractivity contribution < 1.29 is 33.8 Å². The fourth-order valence-electron chi connectivity index (χ4n) is 9.48. The number of anilines is 1. The number of benzene rings is 7. The van der Waals surface area contributed by atoms with Gasteiger partial charge < -0.3 is 30.1 Å². The van der Waals surface area contributed by atoms with Crippen LogP contribution in [0.25, 0.3) is 0 Å². The molecule has 2 unspecified atom stereocenters. The van der Waals surface area contributed by atoms with E-state index in [1.807, 2.05) is 146 Å². The van der Waals surface area contributed by atoms with Crippen molar-refractivity contribution in [1.82, 2.24) is 15.2 Å². The average Bonchev–Trinajstić information content (AvgIpc) is 3.96. The summed E-state index contributed by atoms with van der Waals surface area (Å²) < 4.78 is 11.1. The molecule has 0 spiro atoms. The largest absolute Gasteiger partial charge is 0.497 e. The molecule has 1 fully saturated rings.